The standard InChI is InChI=1S/C21H19ClN8O/c1-15-18(20(22)29(26-15)13-16-8-4-2-5-9-16)12-23-24-19(31)14-30-27-21(25-28-30)17-10-6-3-7-11-17/h2-12H,13-14H2,1H3,(H,24,31). The lowest BCUT2D eigenvalue weighted by Crippen LogP contribution is -2.24. The third-order valence-corrected chi connectivity index (χ3v) is 4.84. The first kappa shape index (κ1) is 20.4. The van der Waals surface area contributed by atoms with Crippen molar-refractivity contribution in [1.29, 1.82) is 0 Å². The van der Waals surface area contributed by atoms with Crippen molar-refractivity contribution in [3.05, 3.63) is 82.6 Å². The van der Waals surface area contributed by atoms with Crippen molar-refractivity contribution in [2.24, 2.45) is 5.10 Å². The Balaban J connectivity index is 1.36. The van der Waals surface area contributed by atoms with Gasteiger partial charge in [-0.05, 0) is 17.7 Å². The van der Waals surface area contributed by atoms with E-state index in [1.54, 1.807) is 4.68 Å². The summed E-state index contributed by atoms with van der Waals surface area (Å²) in [6.07, 6.45) is 1.48. The number of rotatable bonds is 7. The summed E-state index contributed by atoms with van der Waals surface area (Å²) in [4.78, 5) is 13.4. The largest absolute Gasteiger partial charge is 0.271 e. The Labute approximate surface area is 183 Å². The average molecular weight is 435 g/mol. The fourth-order valence-corrected chi connectivity index (χ4v) is 3.20. The van der Waals surface area contributed by atoms with Gasteiger partial charge in [-0.1, -0.05) is 72.3 Å². The molecule has 0 radical (unpaired) electrons. The lowest BCUT2D eigenvalue weighted by molar-refractivity contribution is -0.122. The summed E-state index contributed by atoms with van der Waals surface area (Å²) in [5, 5.41) is 21.0. The second kappa shape index (κ2) is 9.31. The molecule has 0 aliphatic carbocycles. The zero-order chi connectivity index (χ0) is 21.6. The topological polar surface area (TPSA) is 103 Å². The van der Waals surface area contributed by atoms with E-state index in [0.717, 1.165) is 11.1 Å². The average Bonchev–Trinajstić information content (AvgIpc) is 3.35. The molecule has 0 atom stereocenters. The molecule has 0 saturated heterocycles. The van der Waals surface area contributed by atoms with Crippen LogP contribution in [0.4, 0.5) is 0 Å². The van der Waals surface area contributed by atoms with Crippen molar-refractivity contribution in [3.8, 4) is 11.4 Å². The monoisotopic (exact) mass is 434 g/mol. The number of hydrazone groups is 1. The molecule has 0 fully saturated rings. The van der Waals surface area contributed by atoms with Crippen molar-refractivity contribution in [2.75, 3.05) is 0 Å². The highest BCUT2D eigenvalue weighted by molar-refractivity contribution is 6.32. The summed E-state index contributed by atoms with van der Waals surface area (Å²) >= 11 is 6.45. The molecule has 2 heterocycles. The first-order valence-electron chi connectivity index (χ1n) is 9.52. The first-order valence-corrected chi connectivity index (χ1v) is 9.90. The molecule has 1 N–H and O–H groups in total. The molecular weight excluding hydrogens is 416 g/mol. The van der Waals surface area contributed by atoms with Gasteiger partial charge in [0.15, 0.2) is 0 Å². The highest BCUT2D eigenvalue weighted by Gasteiger charge is 2.13. The molecule has 10 heteroatoms. The second-order valence-electron chi connectivity index (χ2n) is 6.74. The molecule has 156 valence electrons. The SMILES string of the molecule is Cc1nn(Cc2ccccc2)c(Cl)c1C=NNC(=O)Cn1nnc(-c2ccccc2)n1. The minimum absolute atomic E-state index is 0.114. The van der Waals surface area contributed by atoms with Crippen LogP contribution in [-0.2, 0) is 17.9 Å². The van der Waals surface area contributed by atoms with E-state index < -0.39 is 5.91 Å². The van der Waals surface area contributed by atoms with Gasteiger partial charge in [-0.15, -0.1) is 10.2 Å². The van der Waals surface area contributed by atoms with E-state index in [4.69, 9.17) is 11.6 Å². The highest BCUT2D eigenvalue weighted by atomic mass is 35.5. The molecule has 4 aromatic rings. The molecule has 9 nitrogen and oxygen atoms in total. The van der Waals surface area contributed by atoms with Crippen molar-refractivity contribution in [3.63, 3.8) is 0 Å². The molecule has 2 aromatic heterocycles. The summed E-state index contributed by atoms with van der Waals surface area (Å²) < 4.78 is 1.69. The van der Waals surface area contributed by atoms with Crippen LogP contribution in [0.25, 0.3) is 11.4 Å². The molecule has 0 aliphatic heterocycles. The number of halogens is 1. The Kier molecular flexibility index (Phi) is 6.13. The minimum atomic E-state index is -0.390. The van der Waals surface area contributed by atoms with Crippen LogP contribution in [0.3, 0.4) is 0 Å². The summed E-state index contributed by atoms with van der Waals surface area (Å²) in [6, 6.07) is 19.3. The van der Waals surface area contributed by atoms with Crippen molar-refractivity contribution < 1.29 is 4.79 Å². The number of hydrogen-bond acceptors (Lipinski definition) is 6. The van der Waals surface area contributed by atoms with Crippen LogP contribution in [0, 0.1) is 6.92 Å². The van der Waals surface area contributed by atoms with Crippen molar-refractivity contribution in [2.45, 2.75) is 20.0 Å². The van der Waals surface area contributed by atoms with Crippen molar-refractivity contribution >= 4 is 23.7 Å². The Bertz CT molecular complexity index is 1200. The summed E-state index contributed by atoms with van der Waals surface area (Å²) in [5.74, 6) is 0.0591. The van der Waals surface area contributed by atoms with E-state index in [2.05, 4.69) is 31.0 Å². The van der Waals surface area contributed by atoms with Gasteiger partial charge in [0.2, 0.25) is 5.82 Å². The quantitative estimate of drug-likeness (QED) is 0.356. The summed E-state index contributed by atoms with van der Waals surface area (Å²) in [5.41, 5.74) is 5.71. The molecule has 0 unspecified atom stereocenters. The highest BCUT2D eigenvalue weighted by Crippen LogP contribution is 2.19. The predicted octanol–water partition coefficient (Wildman–Crippen LogP) is 2.70. The van der Waals surface area contributed by atoms with Gasteiger partial charge in [0.1, 0.15) is 11.7 Å². The van der Waals surface area contributed by atoms with Gasteiger partial charge in [-0.2, -0.15) is 15.0 Å². The Hall–Kier alpha value is -3.85. The van der Waals surface area contributed by atoms with Crippen LogP contribution >= 0.6 is 11.6 Å². The van der Waals surface area contributed by atoms with Gasteiger partial charge in [0, 0.05) is 5.56 Å². The van der Waals surface area contributed by atoms with Gasteiger partial charge in [0.25, 0.3) is 5.91 Å². The number of carbonyl (C=O) groups excluding carboxylic acids is 1. The van der Waals surface area contributed by atoms with Crippen LogP contribution < -0.4 is 5.43 Å². The number of tetrazole rings is 1. The molecule has 31 heavy (non-hydrogen) atoms. The Morgan fingerprint density at radius 2 is 1.81 bits per heavy atom. The van der Waals surface area contributed by atoms with Gasteiger partial charge in [-0.3, -0.25) is 4.79 Å². The Morgan fingerprint density at radius 1 is 1.10 bits per heavy atom. The third kappa shape index (κ3) is 5.01. The fraction of sp³-hybridized carbons (Fsp3) is 0.143. The van der Waals surface area contributed by atoms with E-state index in [-0.39, 0.29) is 6.54 Å². The number of nitrogens with zero attached hydrogens (tertiary/aromatic N) is 7. The number of benzene rings is 2. The Morgan fingerprint density at radius 3 is 2.55 bits per heavy atom. The zero-order valence-corrected chi connectivity index (χ0v) is 17.4. The number of aryl methyl sites for hydroxylation is 1. The number of amides is 1. The second-order valence-corrected chi connectivity index (χ2v) is 7.09. The van der Waals surface area contributed by atoms with E-state index in [1.165, 1.54) is 11.0 Å². The lowest BCUT2D eigenvalue weighted by Gasteiger charge is -2.03. The predicted molar refractivity (Wildman–Crippen MR) is 117 cm³/mol. The number of carbonyl (C=O) groups is 1. The summed E-state index contributed by atoms with van der Waals surface area (Å²) in [7, 11) is 0. The molecular formula is C21H19ClN8O. The lowest BCUT2D eigenvalue weighted by atomic mass is 10.2. The van der Waals surface area contributed by atoms with Crippen LogP contribution in [0.2, 0.25) is 5.15 Å². The minimum Gasteiger partial charge on any atom is -0.271 e. The molecule has 0 spiro atoms. The summed E-state index contributed by atoms with van der Waals surface area (Å²) in [6.45, 7) is 2.26. The molecule has 1 amide bonds. The van der Waals surface area contributed by atoms with Crippen LogP contribution in [0.5, 0.6) is 0 Å². The molecule has 0 bridgehead atoms. The van der Waals surface area contributed by atoms with E-state index in [1.807, 2.05) is 67.6 Å². The van der Waals surface area contributed by atoms with E-state index in [0.29, 0.717) is 28.8 Å². The maximum Gasteiger partial charge on any atom is 0.263 e. The maximum absolute atomic E-state index is 12.2. The smallest absolute Gasteiger partial charge is 0.263 e. The van der Waals surface area contributed by atoms with Gasteiger partial charge < -0.3 is 0 Å². The third-order valence-electron chi connectivity index (χ3n) is 4.44. The van der Waals surface area contributed by atoms with Gasteiger partial charge in [-0.25, -0.2) is 10.1 Å². The van der Waals surface area contributed by atoms with Gasteiger partial charge >= 0.3 is 0 Å². The van der Waals surface area contributed by atoms with E-state index in [9.17, 15) is 4.79 Å². The number of nitrogens with one attached hydrogen (secondary N) is 1. The first-order chi connectivity index (χ1) is 15.1. The maximum atomic E-state index is 12.2. The number of aromatic nitrogens is 6. The normalized spacial score (nSPS) is 11.2. The molecule has 2 aromatic carbocycles. The zero-order valence-electron chi connectivity index (χ0n) is 16.7. The van der Waals surface area contributed by atoms with Crippen LogP contribution in [0.1, 0.15) is 16.8 Å². The molecule has 0 saturated carbocycles. The van der Waals surface area contributed by atoms with Crippen molar-refractivity contribution in [1.82, 2.24) is 35.4 Å². The van der Waals surface area contributed by atoms with E-state index >= 15 is 0 Å². The van der Waals surface area contributed by atoms with Crippen LogP contribution in [-0.4, -0.2) is 42.1 Å². The van der Waals surface area contributed by atoms with Gasteiger partial charge in [0.05, 0.1) is 24.0 Å². The van der Waals surface area contributed by atoms with Crippen LogP contribution in [0.15, 0.2) is 65.8 Å². The molecule has 4 rings (SSSR count). The fourth-order valence-electron chi connectivity index (χ4n) is 2.92. The molecule has 0 aliphatic rings. The number of hydrogen-bond donors (Lipinski definition) is 1.